The molecule has 2 aliphatic rings. The van der Waals surface area contributed by atoms with E-state index >= 15 is 0 Å². The van der Waals surface area contributed by atoms with Crippen molar-refractivity contribution >= 4 is 17.7 Å². The number of aromatic nitrogens is 1. The van der Waals surface area contributed by atoms with E-state index in [2.05, 4.69) is 25.8 Å². The molecular formula is C28H38N4O4. The van der Waals surface area contributed by atoms with E-state index in [1.165, 1.54) is 0 Å². The van der Waals surface area contributed by atoms with Crippen molar-refractivity contribution < 1.29 is 19.1 Å². The monoisotopic (exact) mass is 494 g/mol. The molecule has 0 saturated carbocycles. The van der Waals surface area contributed by atoms with E-state index in [1.54, 1.807) is 18.0 Å². The second kappa shape index (κ2) is 10.1. The quantitative estimate of drug-likeness (QED) is 0.637. The van der Waals surface area contributed by atoms with Crippen LogP contribution in [0.2, 0.25) is 0 Å². The third kappa shape index (κ3) is 4.66. The van der Waals surface area contributed by atoms with E-state index in [-0.39, 0.29) is 23.8 Å². The molecular weight excluding hydrogens is 456 g/mol. The van der Waals surface area contributed by atoms with Crippen molar-refractivity contribution in [1.82, 2.24) is 9.88 Å². The van der Waals surface area contributed by atoms with E-state index < -0.39 is 30.2 Å². The van der Waals surface area contributed by atoms with Crippen LogP contribution in [0, 0.1) is 11.3 Å². The fraction of sp³-hybridized carbons (Fsp3) is 0.536. The first kappa shape index (κ1) is 25.9. The molecule has 1 aromatic heterocycles. The lowest BCUT2D eigenvalue weighted by molar-refractivity contribution is -0.159. The Bertz CT molecular complexity index is 1110. The fourth-order valence-electron chi connectivity index (χ4n) is 5.79. The zero-order chi connectivity index (χ0) is 26.2. The molecule has 194 valence electrons. The first-order valence-electron chi connectivity index (χ1n) is 12.7. The molecule has 8 heteroatoms. The number of benzene rings is 1. The van der Waals surface area contributed by atoms with Gasteiger partial charge in [-0.15, -0.1) is 0 Å². The van der Waals surface area contributed by atoms with Gasteiger partial charge < -0.3 is 25.0 Å². The summed E-state index contributed by atoms with van der Waals surface area (Å²) in [6.07, 6.45) is 2.25. The van der Waals surface area contributed by atoms with E-state index in [0.29, 0.717) is 18.0 Å². The molecule has 36 heavy (non-hydrogen) atoms. The van der Waals surface area contributed by atoms with Gasteiger partial charge in [0.15, 0.2) is 6.10 Å². The number of nitrogens with two attached hydrogens (primary N) is 1. The van der Waals surface area contributed by atoms with Crippen molar-refractivity contribution in [1.29, 1.82) is 0 Å². The second-order valence-corrected chi connectivity index (χ2v) is 10.9. The SMILES string of the molecule is CCOC(=O)[C@@H]1[C@@H](C(C)(C)C)[C@H](N)[C@H](c2cccnc2N(C)C)N1C(=O)[C@@H]1CCc2ccccc2O1. The van der Waals surface area contributed by atoms with Gasteiger partial charge in [0.25, 0.3) is 5.91 Å². The first-order valence-corrected chi connectivity index (χ1v) is 12.7. The minimum absolute atomic E-state index is 0.220. The van der Waals surface area contributed by atoms with Gasteiger partial charge in [-0.05, 0) is 42.9 Å². The lowest BCUT2D eigenvalue weighted by Gasteiger charge is -2.37. The Kier molecular flexibility index (Phi) is 7.27. The normalized spacial score (nSPS) is 25.6. The molecule has 1 aromatic carbocycles. The van der Waals surface area contributed by atoms with Crippen LogP contribution in [0.3, 0.4) is 0 Å². The number of likely N-dealkylation sites (tertiary alicyclic amines) is 1. The molecule has 5 atom stereocenters. The van der Waals surface area contributed by atoms with Crippen LogP contribution in [-0.2, 0) is 20.7 Å². The number of pyridine rings is 1. The largest absolute Gasteiger partial charge is 0.480 e. The highest BCUT2D eigenvalue weighted by atomic mass is 16.5. The summed E-state index contributed by atoms with van der Waals surface area (Å²) >= 11 is 0. The van der Waals surface area contributed by atoms with Crippen molar-refractivity contribution in [3.63, 3.8) is 0 Å². The van der Waals surface area contributed by atoms with Crippen LogP contribution in [0.1, 0.15) is 51.3 Å². The topological polar surface area (TPSA) is 98.0 Å². The molecule has 4 rings (SSSR count). The minimum atomic E-state index is -0.839. The maximum atomic E-state index is 14.3. The van der Waals surface area contributed by atoms with Gasteiger partial charge in [-0.25, -0.2) is 9.78 Å². The molecule has 2 N–H and O–H groups in total. The number of hydrogen-bond donors (Lipinski definition) is 1. The third-order valence-corrected chi connectivity index (χ3v) is 7.25. The number of para-hydroxylation sites is 1. The van der Waals surface area contributed by atoms with Gasteiger partial charge in [-0.1, -0.05) is 45.0 Å². The van der Waals surface area contributed by atoms with Crippen LogP contribution in [0.4, 0.5) is 5.82 Å². The lowest BCUT2D eigenvalue weighted by atomic mass is 9.73. The number of nitrogens with zero attached hydrogens (tertiary/aromatic N) is 3. The molecule has 0 radical (unpaired) electrons. The highest BCUT2D eigenvalue weighted by Crippen LogP contribution is 2.49. The molecule has 1 amide bonds. The fourth-order valence-corrected chi connectivity index (χ4v) is 5.79. The van der Waals surface area contributed by atoms with Crippen LogP contribution < -0.4 is 15.4 Å². The molecule has 1 saturated heterocycles. The Morgan fingerprint density at radius 1 is 1.19 bits per heavy atom. The van der Waals surface area contributed by atoms with Crippen molar-refractivity contribution in [2.75, 3.05) is 25.6 Å². The molecule has 0 spiro atoms. The zero-order valence-electron chi connectivity index (χ0n) is 22.1. The summed E-state index contributed by atoms with van der Waals surface area (Å²) in [4.78, 5) is 35.9. The molecule has 2 aromatic rings. The molecule has 1 fully saturated rings. The smallest absolute Gasteiger partial charge is 0.329 e. The van der Waals surface area contributed by atoms with Crippen LogP contribution >= 0.6 is 0 Å². The van der Waals surface area contributed by atoms with Crippen LogP contribution in [-0.4, -0.2) is 60.7 Å². The highest BCUT2D eigenvalue weighted by molar-refractivity contribution is 5.89. The Morgan fingerprint density at radius 2 is 1.92 bits per heavy atom. The molecule has 0 unspecified atom stereocenters. The van der Waals surface area contributed by atoms with Gasteiger partial charge in [-0.2, -0.15) is 0 Å². The molecule has 3 heterocycles. The van der Waals surface area contributed by atoms with Gasteiger partial charge in [-0.3, -0.25) is 4.79 Å². The maximum absolute atomic E-state index is 14.3. The summed E-state index contributed by atoms with van der Waals surface area (Å²) in [6, 6.07) is 9.63. The summed E-state index contributed by atoms with van der Waals surface area (Å²) in [6.45, 7) is 8.15. The number of anilines is 1. The number of carbonyl (C=O) groups is 2. The van der Waals surface area contributed by atoms with Crippen molar-refractivity contribution in [3.05, 3.63) is 53.7 Å². The number of fused-ring (bicyclic) bond motifs is 1. The Labute approximate surface area is 213 Å². The highest BCUT2D eigenvalue weighted by Gasteiger charge is 2.58. The average molecular weight is 495 g/mol. The number of hydrogen-bond acceptors (Lipinski definition) is 7. The van der Waals surface area contributed by atoms with Crippen molar-refractivity contribution in [3.8, 4) is 5.75 Å². The predicted molar refractivity (Wildman–Crippen MR) is 139 cm³/mol. The predicted octanol–water partition coefficient (Wildman–Crippen LogP) is 3.35. The van der Waals surface area contributed by atoms with Crippen molar-refractivity contribution in [2.45, 2.75) is 64.8 Å². The molecule has 2 aliphatic heterocycles. The summed E-state index contributed by atoms with van der Waals surface area (Å²) < 4.78 is 11.7. The van der Waals surface area contributed by atoms with Gasteiger partial charge in [0.1, 0.15) is 17.6 Å². The van der Waals surface area contributed by atoms with Gasteiger partial charge in [0.2, 0.25) is 0 Å². The number of carbonyl (C=O) groups excluding carboxylic acids is 2. The van der Waals surface area contributed by atoms with Crippen LogP contribution in [0.15, 0.2) is 42.6 Å². The third-order valence-electron chi connectivity index (χ3n) is 7.25. The van der Waals surface area contributed by atoms with E-state index in [4.69, 9.17) is 15.2 Å². The summed E-state index contributed by atoms with van der Waals surface area (Å²) in [5, 5.41) is 0. The summed E-state index contributed by atoms with van der Waals surface area (Å²) in [7, 11) is 3.81. The van der Waals surface area contributed by atoms with E-state index in [0.717, 1.165) is 17.5 Å². The lowest BCUT2D eigenvalue weighted by Crippen LogP contribution is -2.52. The minimum Gasteiger partial charge on any atom is -0.480 e. The number of aryl methyl sites for hydroxylation is 1. The molecule has 8 nitrogen and oxygen atoms in total. The summed E-state index contributed by atoms with van der Waals surface area (Å²) in [5.74, 6) is 0.399. The van der Waals surface area contributed by atoms with E-state index in [1.807, 2.05) is 55.4 Å². The second-order valence-electron chi connectivity index (χ2n) is 10.9. The summed E-state index contributed by atoms with van der Waals surface area (Å²) in [5.41, 5.74) is 8.49. The van der Waals surface area contributed by atoms with Crippen LogP contribution in [0.25, 0.3) is 0 Å². The average Bonchev–Trinajstić information content (AvgIpc) is 3.16. The number of ether oxygens (including phenoxy) is 2. The Morgan fingerprint density at radius 3 is 2.58 bits per heavy atom. The van der Waals surface area contributed by atoms with Gasteiger partial charge in [0.05, 0.1) is 12.6 Å². The maximum Gasteiger partial charge on any atom is 0.329 e. The Balaban J connectivity index is 1.84. The zero-order valence-corrected chi connectivity index (χ0v) is 22.1. The Hall–Kier alpha value is -3.13. The van der Waals surface area contributed by atoms with Gasteiger partial charge in [0, 0.05) is 37.8 Å². The van der Waals surface area contributed by atoms with Gasteiger partial charge >= 0.3 is 5.97 Å². The molecule has 0 bridgehead atoms. The number of amides is 1. The van der Waals surface area contributed by atoms with Crippen LogP contribution in [0.5, 0.6) is 5.75 Å². The standard InChI is InChI=1S/C28H38N4O4/c1-7-35-27(34)24-21(28(2,3)4)22(29)23(18-12-10-16-30-25(18)31(5)6)32(24)26(33)20-15-14-17-11-8-9-13-19(17)36-20/h8-13,16,20-24H,7,14-15,29H2,1-6H3/t20-,21-,22-,23-,24-/m0/s1. The number of esters is 1. The molecule has 0 aliphatic carbocycles. The van der Waals surface area contributed by atoms with Crippen molar-refractivity contribution in [2.24, 2.45) is 17.1 Å². The van der Waals surface area contributed by atoms with E-state index in [9.17, 15) is 9.59 Å². The first-order chi connectivity index (χ1) is 17.1. The number of rotatable bonds is 5.